The van der Waals surface area contributed by atoms with Crippen molar-refractivity contribution >= 4 is 41.4 Å². The lowest BCUT2D eigenvalue weighted by atomic mass is 10.0. The minimum atomic E-state index is -1.03. The van der Waals surface area contributed by atoms with E-state index in [0.717, 1.165) is 11.1 Å². The molecule has 0 radical (unpaired) electrons. The molecule has 0 saturated carbocycles. The molecule has 4 amide bonds. The second-order valence-electron chi connectivity index (χ2n) is 11.1. The maximum absolute atomic E-state index is 13.9. The fourth-order valence-corrected chi connectivity index (χ4v) is 5.57. The van der Waals surface area contributed by atoms with Crippen LogP contribution in [0, 0.1) is 0 Å². The summed E-state index contributed by atoms with van der Waals surface area (Å²) in [4.78, 5) is 70.2. The maximum atomic E-state index is 13.9. The Labute approximate surface area is 261 Å². The molecule has 45 heavy (non-hydrogen) atoms. The average molecular weight is 616 g/mol. The number of hydrazine groups is 1. The van der Waals surface area contributed by atoms with E-state index in [1.165, 1.54) is 16.2 Å². The molecule has 4 atom stereocenters. The van der Waals surface area contributed by atoms with Gasteiger partial charge in [-0.3, -0.25) is 34.0 Å². The zero-order chi connectivity index (χ0) is 31.8. The second-order valence-corrected chi connectivity index (χ2v) is 11.1. The predicted octanol–water partition coefficient (Wildman–Crippen LogP) is 2.50. The summed E-state index contributed by atoms with van der Waals surface area (Å²) in [5.41, 5.74) is 2.02. The molecule has 3 aliphatic heterocycles. The van der Waals surface area contributed by atoms with Crippen LogP contribution in [0.1, 0.15) is 56.6 Å². The number of fused-ring (bicyclic) bond motifs is 1. The highest BCUT2D eigenvalue weighted by Gasteiger charge is 2.46. The molecule has 3 fully saturated rings. The number of nitrogens with one attached hydrogen (secondary N) is 2. The summed E-state index contributed by atoms with van der Waals surface area (Å²) in [7, 11) is 0. The molecule has 2 N–H and O–H groups in total. The Bertz CT molecular complexity index is 1460. The normalized spacial score (nSPS) is 23.8. The van der Waals surface area contributed by atoms with E-state index in [2.05, 4.69) is 15.6 Å². The van der Waals surface area contributed by atoms with Gasteiger partial charge in [0.05, 0.1) is 13.0 Å². The van der Waals surface area contributed by atoms with Crippen LogP contribution in [0.2, 0.25) is 0 Å². The third kappa shape index (κ3) is 7.82. The molecule has 3 aliphatic rings. The third-order valence-electron chi connectivity index (χ3n) is 7.91. The van der Waals surface area contributed by atoms with Crippen LogP contribution >= 0.6 is 0 Å². The molecule has 0 aromatic heterocycles. The lowest BCUT2D eigenvalue weighted by molar-refractivity contribution is -0.178. The van der Waals surface area contributed by atoms with Gasteiger partial charge in [-0.2, -0.15) is 0 Å². The number of nitrogens with zero attached hydrogens (tertiary/aromatic N) is 3. The van der Waals surface area contributed by atoms with Gasteiger partial charge in [0.15, 0.2) is 0 Å². The van der Waals surface area contributed by atoms with Gasteiger partial charge < -0.3 is 20.1 Å². The SMILES string of the molecule is CCC(=N/C=C\c1ccccc1)C(=O)N[C@H]1CCC(=O)N2CCC[C@@H](C(=O)N[C@H]3CC(=O)O[C@H]3OCc3ccccc3)N2C1=O. The second kappa shape index (κ2) is 14.8. The minimum Gasteiger partial charge on any atom is -0.433 e. The van der Waals surface area contributed by atoms with Gasteiger partial charge in [-0.05, 0) is 42.9 Å². The summed E-state index contributed by atoms with van der Waals surface area (Å²) in [6.45, 7) is 2.23. The predicted molar refractivity (Wildman–Crippen MR) is 164 cm³/mol. The van der Waals surface area contributed by atoms with E-state index in [9.17, 15) is 24.0 Å². The Morgan fingerprint density at radius 1 is 1.02 bits per heavy atom. The average Bonchev–Trinajstić information content (AvgIpc) is 3.36. The van der Waals surface area contributed by atoms with Crippen molar-refractivity contribution in [3.05, 3.63) is 78.0 Å². The van der Waals surface area contributed by atoms with E-state index in [-0.39, 0.29) is 44.0 Å². The number of aliphatic imine (C=N–C) groups is 1. The van der Waals surface area contributed by atoms with Gasteiger partial charge in [0, 0.05) is 19.2 Å². The maximum Gasteiger partial charge on any atom is 0.310 e. The Kier molecular flexibility index (Phi) is 10.4. The first-order chi connectivity index (χ1) is 21.8. The van der Waals surface area contributed by atoms with Gasteiger partial charge >= 0.3 is 5.97 Å². The number of hydrogen-bond donors (Lipinski definition) is 2. The topological polar surface area (TPSA) is 147 Å². The fraction of sp³-hybridized carbons (Fsp3) is 0.394. The van der Waals surface area contributed by atoms with Crippen molar-refractivity contribution in [1.29, 1.82) is 0 Å². The Morgan fingerprint density at radius 2 is 1.76 bits per heavy atom. The quantitative estimate of drug-likeness (QED) is 0.308. The Hall–Kier alpha value is -4.84. The van der Waals surface area contributed by atoms with E-state index >= 15 is 0 Å². The molecule has 0 bridgehead atoms. The van der Waals surface area contributed by atoms with Crippen LogP contribution in [0.4, 0.5) is 0 Å². The van der Waals surface area contributed by atoms with Crippen molar-refractivity contribution in [1.82, 2.24) is 20.7 Å². The van der Waals surface area contributed by atoms with Crippen molar-refractivity contribution in [2.45, 2.75) is 76.5 Å². The van der Waals surface area contributed by atoms with Gasteiger partial charge in [-0.1, -0.05) is 67.6 Å². The highest BCUT2D eigenvalue weighted by Crippen LogP contribution is 2.26. The van der Waals surface area contributed by atoms with Gasteiger partial charge in [0.1, 0.15) is 23.8 Å². The van der Waals surface area contributed by atoms with Crippen molar-refractivity contribution in [2.75, 3.05) is 6.54 Å². The molecule has 236 valence electrons. The molecule has 5 rings (SSSR count). The molecule has 2 aromatic rings. The smallest absolute Gasteiger partial charge is 0.310 e. The Balaban J connectivity index is 1.27. The molecule has 0 aliphatic carbocycles. The number of benzene rings is 2. The van der Waals surface area contributed by atoms with Crippen LogP contribution in [0.25, 0.3) is 6.08 Å². The van der Waals surface area contributed by atoms with Crippen LogP contribution < -0.4 is 10.6 Å². The van der Waals surface area contributed by atoms with Crippen LogP contribution in [-0.4, -0.2) is 76.3 Å². The van der Waals surface area contributed by atoms with E-state index in [0.29, 0.717) is 19.3 Å². The lowest BCUT2D eigenvalue weighted by Gasteiger charge is -2.43. The first-order valence-electron chi connectivity index (χ1n) is 15.2. The van der Waals surface area contributed by atoms with E-state index in [4.69, 9.17) is 9.47 Å². The Morgan fingerprint density at radius 3 is 2.49 bits per heavy atom. The number of ether oxygens (including phenoxy) is 2. The molecular formula is C33H37N5O7. The molecule has 12 heteroatoms. The molecule has 0 spiro atoms. The summed E-state index contributed by atoms with van der Waals surface area (Å²) < 4.78 is 11.1. The number of carbonyl (C=O) groups is 5. The van der Waals surface area contributed by atoms with Crippen LogP contribution in [0.5, 0.6) is 0 Å². The van der Waals surface area contributed by atoms with Gasteiger partial charge in [-0.15, -0.1) is 0 Å². The molecule has 0 unspecified atom stereocenters. The first-order valence-corrected chi connectivity index (χ1v) is 15.2. The monoisotopic (exact) mass is 615 g/mol. The zero-order valence-electron chi connectivity index (χ0n) is 25.1. The summed E-state index contributed by atoms with van der Waals surface area (Å²) in [6, 6.07) is 16.0. The summed E-state index contributed by atoms with van der Waals surface area (Å²) in [6.07, 6.45) is 3.44. The standard InChI is InChI=1S/C33H37N5O7/c1-2-24(34-18-17-22-10-5-3-6-11-22)30(41)35-25-15-16-28(39)37-19-9-14-27(38(37)32(25)43)31(42)36-26-20-29(40)45-33(26)44-21-23-12-7-4-8-13-23/h3-8,10-13,17-18,25-27,33H,2,9,14-16,19-21H2,1H3,(H,35,41)(H,36,42)/b18-17-,34-24?/t25-,26-,27-,33+/m0/s1. The summed E-state index contributed by atoms with van der Waals surface area (Å²) >= 11 is 0. The number of carbonyl (C=O) groups excluding carboxylic acids is 5. The van der Waals surface area contributed by atoms with Crippen molar-refractivity contribution in [2.24, 2.45) is 4.99 Å². The van der Waals surface area contributed by atoms with Crippen LogP contribution in [0.3, 0.4) is 0 Å². The molecule has 12 nitrogen and oxygen atoms in total. The van der Waals surface area contributed by atoms with Gasteiger partial charge in [0.25, 0.3) is 11.8 Å². The molecule has 3 saturated heterocycles. The number of cyclic esters (lactones) is 1. The number of esters is 1. The van der Waals surface area contributed by atoms with E-state index in [1.807, 2.05) is 60.7 Å². The third-order valence-corrected chi connectivity index (χ3v) is 7.91. The molecular weight excluding hydrogens is 578 g/mol. The minimum absolute atomic E-state index is 0.0222. The molecule has 3 heterocycles. The summed E-state index contributed by atoms with van der Waals surface area (Å²) in [5, 5.41) is 8.05. The highest BCUT2D eigenvalue weighted by atomic mass is 16.7. The van der Waals surface area contributed by atoms with Crippen molar-refractivity contribution in [3.63, 3.8) is 0 Å². The summed E-state index contributed by atoms with van der Waals surface area (Å²) in [5.74, 6) is -2.44. The molecule has 2 aromatic carbocycles. The lowest BCUT2D eigenvalue weighted by Crippen LogP contribution is -2.64. The van der Waals surface area contributed by atoms with E-state index in [1.54, 1.807) is 13.0 Å². The first kappa shape index (κ1) is 31.6. The van der Waals surface area contributed by atoms with Gasteiger partial charge in [-0.25, -0.2) is 5.01 Å². The van der Waals surface area contributed by atoms with Crippen LogP contribution in [0.15, 0.2) is 71.9 Å². The highest BCUT2D eigenvalue weighted by molar-refractivity contribution is 6.39. The van der Waals surface area contributed by atoms with Gasteiger partial charge in [0.2, 0.25) is 18.1 Å². The number of hydrogen-bond acceptors (Lipinski definition) is 8. The zero-order valence-corrected chi connectivity index (χ0v) is 25.1. The van der Waals surface area contributed by atoms with E-state index < -0.39 is 48.1 Å². The number of rotatable bonds is 10. The van der Waals surface area contributed by atoms with Crippen LogP contribution in [-0.2, 0) is 40.1 Å². The number of amides is 4. The largest absolute Gasteiger partial charge is 0.433 e. The van der Waals surface area contributed by atoms with Crippen molar-refractivity contribution < 1.29 is 33.4 Å². The fourth-order valence-electron chi connectivity index (χ4n) is 5.57. The van der Waals surface area contributed by atoms with Crippen molar-refractivity contribution in [3.8, 4) is 0 Å².